The van der Waals surface area contributed by atoms with Crippen molar-refractivity contribution >= 4 is 11.4 Å². The molecule has 0 saturated carbocycles. The molecule has 0 aliphatic carbocycles. The SMILES string of the molecule is CCCC(C)(C)Nc1cc(OC(F)F)c(F)cc1N. The Morgan fingerprint density at radius 1 is 1.37 bits per heavy atom. The van der Waals surface area contributed by atoms with Gasteiger partial charge in [-0.1, -0.05) is 13.3 Å². The van der Waals surface area contributed by atoms with Gasteiger partial charge in [-0.3, -0.25) is 0 Å². The molecular weight excluding hydrogens is 257 g/mol. The number of nitrogens with one attached hydrogen (secondary N) is 1. The number of nitrogens with two attached hydrogens (primary N) is 1. The molecule has 108 valence electrons. The predicted octanol–water partition coefficient (Wildman–Crippen LogP) is 4.00. The molecule has 0 spiro atoms. The molecule has 0 atom stereocenters. The van der Waals surface area contributed by atoms with E-state index < -0.39 is 18.2 Å². The number of ether oxygens (including phenoxy) is 1. The van der Waals surface area contributed by atoms with Gasteiger partial charge in [-0.2, -0.15) is 8.78 Å². The second kappa shape index (κ2) is 6.04. The van der Waals surface area contributed by atoms with E-state index in [1.54, 1.807) is 0 Å². The van der Waals surface area contributed by atoms with E-state index in [4.69, 9.17) is 5.73 Å². The van der Waals surface area contributed by atoms with E-state index in [1.165, 1.54) is 0 Å². The molecule has 0 aliphatic heterocycles. The summed E-state index contributed by atoms with van der Waals surface area (Å²) in [4.78, 5) is 0. The lowest BCUT2D eigenvalue weighted by molar-refractivity contribution is -0.0521. The lowest BCUT2D eigenvalue weighted by atomic mass is 9.98. The van der Waals surface area contributed by atoms with Crippen molar-refractivity contribution in [2.75, 3.05) is 11.1 Å². The van der Waals surface area contributed by atoms with Crippen LogP contribution in [0.5, 0.6) is 5.75 Å². The summed E-state index contributed by atoms with van der Waals surface area (Å²) in [6.07, 6.45) is 1.80. The zero-order chi connectivity index (χ0) is 14.6. The van der Waals surface area contributed by atoms with Gasteiger partial charge >= 0.3 is 6.61 Å². The third-order valence-electron chi connectivity index (χ3n) is 2.67. The molecule has 3 nitrogen and oxygen atoms in total. The van der Waals surface area contributed by atoms with Crippen LogP contribution < -0.4 is 15.8 Å². The zero-order valence-electron chi connectivity index (χ0n) is 11.3. The highest BCUT2D eigenvalue weighted by Gasteiger charge is 2.19. The van der Waals surface area contributed by atoms with Crippen LogP contribution in [0.15, 0.2) is 12.1 Å². The second-order valence-corrected chi connectivity index (χ2v) is 5.01. The van der Waals surface area contributed by atoms with Crippen molar-refractivity contribution < 1.29 is 17.9 Å². The van der Waals surface area contributed by atoms with Crippen molar-refractivity contribution in [3.8, 4) is 5.75 Å². The van der Waals surface area contributed by atoms with Crippen molar-refractivity contribution in [3.63, 3.8) is 0 Å². The Morgan fingerprint density at radius 3 is 2.53 bits per heavy atom. The van der Waals surface area contributed by atoms with Gasteiger partial charge in [0.05, 0.1) is 11.4 Å². The first kappa shape index (κ1) is 15.5. The van der Waals surface area contributed by atoms with Gasteiger partial charge in [0.1, 0.15) is 0 Å². The highest BCUT2D eigenvalue weighted by Crippen LogP contribution is 2.32. The van der Waals surface area contributed by atoms with E-state index in [9.17, 15) is 13.2 Å². The summed E-state index contributed by atoms with van der Waals surface area (Å²) in [5, 5.41) is 3.11. The molecule has 0 bridgehead atoms. The number of nitrogen functional groups attached to an aromatic ring is 1. The Hall–Kier alpha value is -1.59. The van der Waals surface area contributed by atoms with Crippen LogP contribution in [0, 0.1) is 5.82 Å². The first-order valence-corrected chi connectivity index (χ1v) is 6.07. The van der Waals surface area contributed by atoms with Crippen molar-refractivity contribution in [2.24, 2.45) is 0 Å². The smallest absolute Gasteiger partial charge is 0.387 e. The summed E-state index contributed by atoms with van der Waals surface area (Å²) in [6, 6.07) is 2.14. The minimum Gasteiger partial charge on any atom is -0.432 e. The summed E-state index contributed by atoms with van der Waals surface area (Å²) in [6.45, 7) is 2.86. The zero-order valence-corrected chi connectivity index (χ0v) is 11.3. The molecule has 0 amide bonds. The first-order valence-electron chi connectivity index (χ1n) is 6.07. The fourth-order valence-corrected chi connectivity index (χ4v) is 1.92. The molecule has 0 unspecified atom stereocenters. The molecule has 0 saturated heterocycles. The predicted molar refractivity (Wildman–Crippen MR) is 70.1 cm³/mol. The number of alkyl halides is 2. The van der Waals surface area contributed by atoms with Crippen LogP contribution in [-0.4, -0.2) is 12.2 Å². The monoisotopic (exact) mass is 276 g/mol. The lowest BCUT2D eigenvalue weighted by Crippen LogP contribution is -2.30. The summed E-state index contributed by atoms with van der Waals surface area (Å²) in [7, 11) is 0. The number of benzene rings is 1. The van der Waals surface area contributed by atoms with Crippen LogP contribution >= 0.6 is 0 Å². The number of halogens is 3. The quantitative estimate of drug-likeness (QED) is 0.772. The van der Waals surface area contributed by atoms with Gasteiger partial charge in [-0.25, -0.2) is 4.39 Å². The molecule has 1 aromatic carbocycles. The maximum absolute atomic E-state index is 13.4. The van der Waals surface area contributed by atoms with Crippen LogP contribution in [0.2, 0.25) is 0 Å². The summed E-state index contributed by atoms with van der Waals surface area (Å²) >= 11 is 0. The Morgan fingerprint density at radius 2 is 2.00 bits per heavy atom. The second-order valence-electron chi connectivity index (χ2n) is 5.01. The topological polar surface area (TPSA) is 47.3 Å². The lowest BCUT2D eigenvalue weighted by Gasteiger charge is -2.28. The molecule has 0 aliphatic rings. The normalized spacial score (nSPS) is 11.7. The third-order valence-corrected chi connectivity index (χ3v) is 2.67. The maximum Gasteiger partial charge on any atom is 0.387 e. The first-order chi connectivity index (χ1) is 8.75. The Labute approximate surface area is 110 Å². The van der Waals surface area contributed by atoms with Gasteiger partial charge in [-0.15, -0.1) is 0 Å². The number of rotatable bonds is 6. The molecule has 0 aromatic heterocycles. The summed E-state index contributed by atoms with van der Waals surface area (Å²) in [5.41, 5.74) is 5.94. The van der Waals surface area contributed by atoms with Gasteiger partial charge in [0, 0.05) is 17.7 Å². The van der Waals surface area contributed by atoms with Crippen molar-refractivity contribution in [1.29, 1.82) is 0 Å². The molecule has 1 aromatic rings. The van der Waals surface area contributed by atoms with Gasteiger partial charge in [0.25, 0.3) is 0 Å². The van der Waals surface area contributed by atoms with E-state index in [0.717, 1.165) is 25.0 Å². The number of anilines is 2. The number of hydrogen-bond acceptors (Lipinski definition) is 3. The van der Waals surface area contributed by atoms with Gasteiger partial charge in [-0.05, 0) is 20.3 Å². The van der Waals surface area contributed by atoms with E-state index in [0.29, 0.717) is 5.69 Å². The van der Waals surface area contributed by atoms with E-state index in [1.807, 2.05) is 20.8 Å². The summed E-state index contributed by atoms with van der Waals surface area (Å²) < 4.78 is 41.8. The Balaban J connectivity index is 3.00. The van der Waals surface area contributed by atoms with Crippen LogP contribution in [0.25, 0.3) is 0 Å². The van der Waals surface area contributed by atoms with Crippen molar-refractivity contribution in [3.05, 3.63) is 17.9 Å². The van der Waals surface area contributed by atoms with Crippen LogP contribution in [0.3, 0.4) is 0 Å². The standard InChI is InChI=1S/C13H19F3N2O/c1-4-5-13(2,3)18-10-7-11(19-12(15)16)8(14)6-9(10)17/h6-7,12,18H,4-5,17H2,1-3H3. The fourth-order valence-electron chi connectivity index (χ4n) is 1.92. The highest BCUT2D eigenvalue weighted by molar-refractivity contribution is 5.69. The molecular formula is C13H19F3N2O. The molecule has 19 heavy (non-hydrogen) atoms. The highest BCUT2D eigenvalue weighted by atomic mass is 19.3. The molecule has 0 fully saturated rings. The fraction of sp³-hybridized carbons (Fsp3) is 0.538. The van der Waals surface area contributed by atoms with E-state index in [-0.39, 0.29) is 11.2 Å². The van der Waals surface area contributed by atoms with Crippen molar-refractivity contribution in [2.45, 2.75) is 45.8 Å². The molecule has 3 N–H and O–H groups in total. The maximum atomic E-state index is 13.4. The Kier molecular flexibility index (Phi) is 4.91. The minimum atomic E-state index is -3.07. The van der Waals surface area contributed by atoms with Crippen LogP contribution in [0.1, 0.15) is 33.6 Å². The third kappa shape index (κ3) is 4.54. The average Bonchev–Trinajstić information content (AvgIpc) is 2.23. The van der Waals surface area contributed by atoms with Gasteiger partial charge in [0.2, 0.25) is 0 Å². The van der Waals surface area contributed by atoms with Crippen LogP contribution in [0.4, 0.5) is 24.5 Å². The largest absolute Gasteiger partial charge is 0.432 e. The minimum absolute atomic E-state index is 0.156. The summed E-state index contributed by atoms with van der Waals surface area (Å²) in [5.74, 6) is -1.42. The molecule has 1 rings (SSSR count). The van der Waals surface area contributed by atoms with Crippen molar-refractivity contribution in [1.82, 2.24) is 0 Å². The Bertz CT molecular complexity index is 436. The van der Waals surface area contributed by atoms with Crippen LogP contribution in [-0.2, 0) is 0 Å². The molecule has 0 heterocycles. The molecule has 0 radical (unpaired) electrons. The number of hydrogen-bond donors (Lipinski definition) is 2. The molecule has 6 heteroatoms. The average molecular weight is 276 g/mol. The van der Waals surface area contributed by atoms with Gasteiger partial charge in [0.15, 0.2) is 11.6 Å². The van der Waals surface area contributed by atoms with E-state index in [2.05, 4.69) is 10.1 Å². The van der Waals surface area contributed by atoms with Gasteiger partial charge < -0.3 is 15.8 Å². The van der Waals surface area contributed by atoms with E-state index >= 15 is 0 Å².